The molecule has 0 saturated carbocycles. The summed E-state index contributed by atoms with van der Waals surface area (Å²) in [6, 6.07) is 14.2. The molecule has 0 amide bonds. The molecular formula is C16H17ClN2O. The molecule has 2 aromatic carbocycles. The van der Waals surface area contributed by atoms with Crippen LogP contribution in [-0.2, 0) is 6.54 Å². The molecule has 0 radical (unpaired) electrons. The first kappa shape index (κ1) is 13.3. The van der Waals surface area contributed by atoms with Gasteiger partial charge >= 0.3 is 0 Å². The molecule has 0 aliphatic carbocycles. The Balaban J connectivity index is 2.02. The lowest BCUT2D eigenvalue weighted by atomic mass is 10.1. The molecule has 1 aliphatic rings. The summed E-state index contributed by atoms with van der Waals surface area (Å²) in [5, 5.41) is 0.811. The van der Waals surface area contributed by atoms with Crippen LogP contribution in [0.3, 0.4) is 0 Å². The minimum Gasteiger partial charge on any atom is -0.497 e. The second kappa shape index (κ2) is 5.35. The lowest BCUT2D eigenvalue weighted by Crippen LogP contribution is -2.27. The summed E-state index contributed by atoms with van der Waals surface area (Å²) in [7, 11) is 1.68. The number of methoxy groups -OCH3 is 1. The third kappa shape index (κ3) is 2.13. The van der Waals surface area contributed by atoms with E-state index in [4.69, 9.17) is 22.1 Å². The minimum atomic E-state index is 0.163. The molecule has 0 bridgehead atoms. The van der Waals surface area contributed by atoms with Gasteiger partial charge in [-0.15, -0.1) is 0 Å². The number of fused-ring (bicyclic) bond motifs is 1. The van der Waals surface area contributed by atoms with Crippen LogP contribution in [0.15, 0.2) is 42.5 Å². The molecule has 3 nitrogen and oxygen atoms in total. The van der Waals surface area contributed by atoms with Crippen LogP contribution in [0.4, 0.5) is 5.69 Å². The zero-order valence-electron chi connectivity index (χ0n) is 11.3. The maximum atomic E-state index is 6.31. The van der Waals surface area contributed by atoms with Gasteiger partial charge in [0.05, 0.1) is 13.2 Å². The standard InChI is InChI=1S/C16H17ClN2O/c1-20-12-5-2-4-11(8-12)19-10-14-13(16(19)9-18)6-3-7-15(14)17/h2-8,16H,9-10,18H2,1H3. The second-order valence-corrected chi connectivity index (χ2v) is 5.30. The molecule has 2 aromatic rings. The molecule has 0 saturated heterocycles. The first-order valence-electron chi connectivity index (χ1n) is 6.62. The van der Waals surface area contributed by atoms with Crippen LogP contribution >= 0.6 is 11.6 Å². The Hall–Kier alpha value is -1.71. The van der Waals surface area contributed by atoms with Gasteiger partial charge in [-0.2, -0.15) is 0 Å². The van der Waals surface area contributed by atoms with Crippen molar-refractivity contribution in [1.29, 1.82) is 0 Å². The van der Waals surface area contributed by atoms with Crippen LogP contribution in [0.5, 0.6) is 5.75 Å². The van der Waals surface area contributed by atoms with E-state index in [9.17, 15) is 0 Å². The van der Waals surface area contributed by atoms with Gasteiger partial charge in [0.1, 0.15) is 5.75 Å². The van der Waals surface area contributed by atoms with Gasteiger partial charge in [0.25, 0.3) is 0 Å². The van der Waals surface area contributed by atoms with E-state index in [1.54, 1.807) is 7.11 Å². The molecule has 0 aromatic heterocycles. The highest BCUT2D eigenvalue weighted by Gasteiger charge is 2.30. The van der Waals surface area contributed by atoms with Gasteiger partial charge in [-0.3, -0.25) is 0 Å². The fourth-order valence-electron chi connectivity index (χ4n) is 2.82. The molecule has 1 aliphatic heterocycles. The number of rotatable bonds is 3. The lowest BCUT2D eigenvalue weighted by molar-refractivity contribution is 0.414. The van der Waals surface area contributed by atoms with Crippen LogP contribution in [0.25, 0.3) is 0 Å². The molecule has 4 heteroatoms. The molecule has 0 spiro atoms. The summed E-state index contributed by atoms with van der Waals surface area (Å²) in [5.41, 5.74) is 9.48. The van der Waals surface area contributed by atoms with Crippen molar-refractivity contribution in [2.24, 2.45) is 5.73 Å². The molecule has 2 N–H and O–H groups in total. The molecule has 1 unspecified atom stereocenters. The van der Waals surface area contributed by atoms with Gasteiger partial charge in [0.15, 0.2) is 0 Å². The van der Waals surface area contributed by atoms with E-state index in [0.717, 1.165) is 23.0 Å². The zero-order valence-corrected chi connectivity index (χ0v) is 12.1. The van der Waals surface area contributed by atoms with Crippen molar-refractivity contribution >= 4 is 17.3 Å². The highest BCUT2D eigenvalue weighted by Crippen LogP contribution is 2.40. The Kier molecular flexibility index (Phi) is 3.55. The number of benzene rings is 2. The topological polar surface area (TPSA) is 38.5 Å². The fourth-order valence-corrected chi connectivity index (χ4v) is 3.06. The van der Waals surface area contributed by atoms with Gasteiger partial charge in [-0.1, -0.05) is 29.8 Å². The smallest absolute Gasteiger partial charge is 0.120 e. The highest BCUT2D eigenvalue weighted by atomic mass is 35.5. The average Bonchev–Trinajstić information content (AvgIpc) is 2.87. The number of hydrogen-bond acceptors (Lipinski definition) is 3. The summed E-state index contributed by atoms with van der Waals surface area (Å²) in [5.74, 6) is 0.848. The van der Waals surface area contributed by atoms with Gasteiger partial charge in [0.2, 0.25) is 0 Å². The fraction of sp³-hybridized carbons (Fsp3) is 0.250. The van der Waals surface area contributed by atoms with Crippen LogP contribution in [0.2, 0.25) is 5.02 Å². The quantitative estimate of drug-likeness (QED) is 0.941. The van der Waals surface area contributed by atoms with Crippen LogP contribution in [0, 0.1) is 0 Å². The first-order chi connectivity index (χ1) is 9.74. The van der Waals surface area contributed by atoms with E-state index in [1.165, 1.54) is 11.1 Å². The van der Waals surface area contributed by atoms with Crippen molar-refractivity contribution in [1.82, 2.24) is 0 Å². The predicted molar refractivity (Wildman–Crippen MR) is 82.4 cm³/mol. The van der Waals surface area contributed by atoms with Gasteiger partial charge in [0, 0.05) is 29.9 Å². The third-order valence-corrected chi connectivity index (χ3v) is 4.18. The van der Waals surface area contributed by atoms with Gasteiger partial charge in [-0.05, 0) is 29.3 Å². The first-order valence-corrected chi connectivity index (χ1v) is 7.00. The van der Waals surface area contributed by atoms with Crippen molar-refractivity contribution in [3.63, 3.8) is 0 Å². The van der Waals surface area contributed by atoms with Crippen LogP contribution in [-0.4, -0.2) is 13.7 Å². The van der Waals surface area contributed by atoms with Crippen molar-refractivity contribution in [3.8, 4) is 5.75 Å². The van der Waals surface area contributed by atoms with E-state index in [1.807, 2.05) is 30.3 Å². The van der Waals surface area contributed by atoms with Crippen LogP contribution in [0.1, 0.15) is 17.2 Å². The van der Waals surface area contributed by atoms with Gasteiger partial charge in [-0.25, -0.2) is 0 Å². The molecule has 1 heterocycles. The summed E-state index contributed by atoms with van der Waals surface area (Å²) in [6.45, 7) is 1.34. The Morgan fingerprint density at radius 2 is 2.10 bits per heavy atom. The largest absolute Gasteiger partial charge is 0.497 e. The lowest BCUT2D eigenvalue weighted by Gasteiger charge is -2.26. The van der Waals surface area contributed by atoms with Crippen LogP contribution < -0.4 is 15.4 Å². The Morgan fingerprint density at radius 3 is 2.85 bits per heavy atom. The van der Waals surface area contributed by atoms with E-state index in [-0.39, 0.29) is 6.04 Å². The number of anilines is 1. The van der Waals surface area contributed by atoms with E-state index in [2.05, 4.69) is 17.0 Å². The maximum absolute atomic E-state index is 6.31. The monoisotopic (exact) mass is 288 g/mol. The number of nitrogens with two attached hydrogens (primary N) is 1. The number of ether oxygens (including phenoxy) is 1. The van der Waals surface area contributed by atoms with E-state index in [0.29, 0.717) is 6.54 Å². The molecule has 0 fully saturated rings. The minimum absolute atomic E-state index is 0.163. The number of halogens is 1. The van der Waals surface area contributed by atoms with E-state index >= 15 is 0 Å². The SMILES string of the molecule is COc1cccc(N2Cc3c(Cl)cccc3C2CN)c1. The summed E-state index contributed by atoms with van der Waals surface area (Å²) < 4.78 is 5.30. The zero-order chi connectivity index (χ0) is 14.1. The average molecular weight is 289 g/mol. The summed E-state index contributed by atoms with van der Waals surface area (Å²) in [6.07, 6.45) is 0. The Morgan fingerprint density at radius 1 is 1.30 bits per heavy atom. The van der Waals surface area contributed by atoms with Crippen molar-refractivity contribution < 1.29 is 4.74 Å². The van der Waals surface area contributed by atoms with Crippen molar-refractivity contribution in [3.05, 3.63) is 58.6 Å². The maximum Gasteiger partial charge on any atom is 0.120 e. The molecular weight excluding hydrogens is 272 g/mol. The predicted octanol–water partition coefficient (Wildman–Crippen LogP) is 3.37. The summed E-state index contributed by atoms with van der Waals surface area (Å²) >= 11 is 6.31. The summed E-state index contributed by atoms with van der Waals surface area (Å²) in [4.78, 5) is 2.28. The third-order valence-electron chi connectivity index (χ3n) is 3.83. The molecule has 3 rings (SSSR count). The second-order valence-electron chi connectivity index (χ2n) is 4.89. The van der Waals surface area contributed by atoms with Crippen molar-refractivity contribution in [2.45, 2.75) is 12.6 Å². The Labute approximate surface area is 123 Å². The normalized spacial score (nSPS) is 17.1. The number of hydrogen-bond donors (Lipinski definition) is 1. The molecule has 104 valence electrons. The molecule has 1 atom stereocenters. The van der Waals surface area contributed by atoms with Gasteiger partial charge < -0.3 is 15.4 Å². The Bertz CT molecular complexity index is 630. The molecule has 20 heavy (non-hydrogen) atoms. The number of nitrogens with zero attached hydrogens (tertiary/aromatic N) is 1. The van der Waals surface area contributed by atoms with E-state index < -0.39 is 0 Å². The van der Waals surface area contributed by atoms with Crippen molar-refractivity contribution in [2.75, 3.05) is 18.6 Å². The highest BCUT2D eigenvalue weighted by molar-refractivity contribution is 6.31.